The molecule has 2 N–H and O–H groups in total. The molecule has 0 aliphatic rings. The maximum Gasteiger partial charge on any atom is 0.161 e. The number of hydrogen-bond acceptors (Lipinski definition) is 5. The van der Waals surface area contributed by atoms with E-state index < -0.39 is 0 Å². The number of ether oxygens (including phenoxy) is 2. The Bertz CT molecular complexity index is 1320. The van der Waals surface area contributed by atoms with Crippen LogP contribution in [0, 0.1) is 17.1 Å². The largest absolute Gasteiger partial charge is 0.490 e. The van der Waals surface area contributed by atoms with E-state index in [4.69, 9.17) is 15.2 Å². The number of anilines is 1. The molecule has 6 heteroatoms. The lowest BCUT2D eigenvalue weighted by Crippen LogP contribution is -2.02. The summed E-state index contributed by atoms with van der Waals surface area (Å²) in [5, 5.41) is 9.84. The molecule has 0 radical (unpaired) electrons. The number of nitrogens with two attached hydrogens (primary N) is 1. The first kappa shape index (κ1) is 21.8. The van der Waals surface area contributed by atoms with Gasteiger partial charge in [0.15, 0.2) is 11.5 Å². The minimum atomic E-state index is -0.316. The fourth-order valence-corrected chi connectivity index (χ4v) is 3.61. The second-order valence-electron chi connectivity index (χ2n) is 7.30. The van der Waals surface area contributed by atoms with Crippen LogP contribution in [0.3, 0.4) is 0 Å². The van der Waals surface area contributed by atoms with Gasteiger partial charge in [-0.1, -0.05) is 48.5 Å². The van der Waals surface area contributed by atoms with E-state index in [1.54, 1.807) is 24.4 Å². The van der Waals surface area contributed by atoms with Crippen LogP contribution < -0.4 is 15.2 Å². The topological polar surface area (TPSA) is 81.2 Å². The molecule has 0 fully saturated rings. The van der Waals surface area contributed by atoms with Gasteiger partial charge in [0.25, 0.3) is 0 Å². The summed E-state index contributed by atoms with van der Waals surface area (Å²) in [5.41, 5.74) is 10.2. The summed E-state index contributed by atoms with van der Waals surface area (Å²) in [6.45, 7) is 2.50. The zero-order valence-electron chi connectivity index (χ0n) is 18.1. The molecule has 0 saturated heterocycles. The van der Waals surface area contributed by atoms with Gasteiger partial charge in [0.05, 0.1) is 6.61 Å². The van der Waals surface area contributed by atoms with Gasteiger partial charge in [-0.2, -0.15) is 5.26 Å². The highest BCUT2D eigenvalue weighted by Gasteiger charge is 2.18. The number of rotatable bonds is 7. The number of benzene rings is 3. The molecule has 33 heavy (non-hydrogen) atoms. The van der Waals surface area contributed by atoms with Gasteiger partial charge in [-0.3, -0.25) is 0 Å². The van der Waals surface area contributed by atoms with Crippen LogP contribution in [0.5, 0.6) is 11.5 Å². The van der Waals surface area contributed by atoms with Crippen molar-refractivity contribution in [2.24, 2.45) is 0 Å². The SMILES string of the molecule is CCOc1cc(-c2c(-c3ccccc3)cnc(N)c2C#N)ccc1OCc1cccc(F)c1. The van der Waals surface area contributed by atoms with E-state index in [0.29, 0.717) is 34.8 Å². The van der Waals surface area contributed by atoms with Crippen LogP contribution in [0.1, 0.15) is 18.1 Å². The van der Waals surface area contributed by atoms with Gasteiger partial charge < -0.3 is 15.2 Å². The Balaban J connectivity index is 1.77. The van der Waals surface area contributed by atoms with E-state index in [0.717, 1.165) is 16.7 Å². The van der Waals surface area contributed by atoms with Crippen LogP contribution in [0.25, 0.3) is 22.3 Å². The van der Waals surface area contributed by atoms with Gasteiger partial charge in [-0.05, 0) is 47.9 Å². The van der Waals surface area contributed by atoms with E-state index in [1.165, 1.54) is 12.1 Å². The molecule has 1 heterocycles. The molecule has 164 valence electrons. The minimum Gasteiger partial charge on any atom is -0.490 e. The first-order chi connectivity index (χ1) is 16.1. The molecule has 0 amide bonds. The maximum atomic E-state index is 13.5. The van der Waals surface area contributed by atoms with Crippen LogP contribution in [-0.2, 0) is 6.61 Å². The molecule has 0 bridgehead atoms. The Morgan fingerprint density at radius 2 is 1.76 bits per heavy atom. The Kier molecular flexibility index (Phi) is 6.51. The molecular weight excluding hydrogens is 417 g/mol. The highest BCUT2D eigenvalue weighted by atomic mass is 19.1. The fraction of sp³-hybridized carbons (Fsp3) is 0.111. The van der Waals surface area contributed by atoms with Crippen molar-refractivity contribution in [2.45, 2.75) is 13.5 Å². The lowest BCUT2D eigenvalue weighted by Gasteiger charge is -2.17. The third-order valence-electron chi connectivity index (χ3n) is 5.12. The molecule has 3 aromatic carbocycles. The number of pyridine rings is 1. The van der Waals surface area contributed by atoms with E-state index in [-0.39, 0.29) is 18.2 Å². The van der Waals surface area contributed by atoms with E-state index in [2.05, 4.69) is 11.1 Å². The Morgan fingerprint density at radius 1 is 0.939 bits per heavy atom. The molecule has 1 aromatic heterocycles. The van der Waals surface area contributed by atoms with Gasteiger partial charge in [0.1, 0.15) is 29.9 Å². The third-order valence-corrected chi connectivity index (χ3v) is 5.12. The molecule has 0 spiro atoms. The van der Waals surface area contributed by atoms with Gasteiger partial charge in [-0.25, -0.2) is 9.37 Å². The van der Waals surface area contributed by atoms with Gasteiger partial charge in [0, 0.05) is 17.3 Å². The smallest absolute Gasteiger partial charge is 0.161 e. The van der Waals surface area contributed by atoms with E-state index in [9.17, 15) is 9.65 Å². The van der Waals surface area contributed by atoms with E-state index >= 15 is 0 Å². The molecular formula is C27H22FN3O2. The number of nitrogen functional groups attached to an aromatic ring is 1. The average molecular weight is 439 g/mol. The molecule has 4 rings (SSSR count). The van der Waals surface area contributed by atoms with E-state index in [1.807, 2.05) is 49.4 Å². The van der Waals surface area contributed by atoms with Gasteiger partial charge >= 0.3 is 0 Å². The molecule has 0 saturated carbocycles. The second kappa shape index (κ2) is 9.84. The highest BCUT2D eigenvalue weighted by molar-refractivity contribution is 5.90. The number of nitriles is 1. The quantitative estimate of drug-likeness (QED) is 0.383. The van der Waals surface area contributed by atoms with Crippen LogP contribution >= 0.6 is 0 Å². The first-order valence-electron chi connectivity index (χ1n) is 10.5. The summed E-state index contributed by atoms with van der Waals surface area (Å²) in [6.07, 6.45) is 1.68. The predicted octanol–water partition coefficient (Wildman–Crippen LogP) is 5.99. The standard InChI is InChI=1S/C27H22FN3O2/c1-2-32-25-14-20(11-12-24(25)33-17-18-7-6-10-21(28)13-18)26-22(15-29)27(30)31-16-23(26)19-8-4-3-5-9-19/h3-14,16H,2,17H2,1H3,(H2,30,31). The fourth-order valence-electron chi connectivity index (χ4n) is 3.61. The lowest BCUT2D eigenvalue weighted by molar-refractivity contribution is 0.269. The van der Waals surface area contributed by atoms with Crippen molar-refractivity contribution in [2.75, 3.05) is 12.3 Å². The van der Waals surface area contributed by atoms with Crippen molar-refractivity contribution in [3.05, 3.63) is 95.9 Å². The normalized spacial score (nSPS) is 10.5. The zero-order valence-corrected chi connectivity index (χ0v) is 18.1. The summed E-state index contributed by atoms with van der Waals surface area (Å²) in [7, 11) is 0. The van der Waals surface area contributed by atoms with Crippen LogP contribution in [-0.4, -0.2) is 11.6 Å². The van der Waals surface area contributed by atoms with Crippen LogP contribution in [0.2, 0.25) is 0 Å². The molecule has 4 aromatic rings. The maximum absolute atomic E-state index is 13.5. The second-order valence-corrected chi connectivity index (χ2v) is 7.30. The van der Waals surface area contributed by atoms with Crippen LogP contribution in [0.15, 0.2) is 79.0 Å². The molecule has 0 aliphatic heterocycles. The number of halogens is 1. The molecule has 0 aliphatic carbocycles. The Morgan fingerprint density at radius 3 is 2.48 bits per heavy atom. The predicted molar refractivity (Wildman–Crippen MR) is 126 cm³/mol. The summed E-state index contributed by atoms with van der Waals surface area (Å²) >= 11 is 0. The van der Waals surface area contributed by atoms with Crippen molar-refractivity contribution in [1.29, 1.82) is 5.26 Å². The van der Waals surface area contributed by atoms with Crippen molar-refractivity contribution >= 4 is 5.82 Å². The van der Waals surface area contributed by atoms with Gasteiger partial charge in [0.2, 0.25) is 0 Å². The Hall–Kier alpha value is -4.37. The average Bonchev–Trinajstić information content (AvgIpc) is 2.84. The summed E-state index contributed by atoms with van der Waals surface area (Å²) in [5.74, 6) is 0.886. The van der Waals surface area contributed by atoms with Crippen molar-refractivity contribution in [3.8, 4) is 39.8 Å². The van der Waals surface area contributed by atoms with Crippen molar-refractivity contribution < 1.29 is 13.9 Å². The number of hydrogen-bond donors (Lipinski definition) is 1. The third kappa shape index (κ3) is 4.78. The van der Waals surface area contributed by atoms with Crippen molar-refractivity contribution in [1.82, 2.24) is 4.98 Å². The molecule has 5 nitrogen and oxygen atoms in total. The summed E-state index contributed by atoms with van der Waals surface area (Å²) in [6, 6.07) is 23.6. The van der Waals surface area contributed by atoms with Gasteiger partial charge in [-0.15, -0.1) is 0 Å². The monoisotopic (exact) mass is 439 g/mol. The summed E-state index contributed by atoms with van der Waals surface area (Å²) < 4.78 is 25.2. The molecule has 0 atom stereocenters. The Labute approximate surface area is 191 Å². The number of aromatic nitrogens is 1. The first-order valence-corrected chi connectivity index (χ1v) is 10.5. The lowest BCUT2D eigenvalue weighted by atomic mass is 9.92. The molecule has 0 unspecified atom stereocenters. The highest BCUT2D eigenvalue weighted by Crippen LogP contribution is 2.40. The summed E-state index contributed by atoms with van der Waals surface area (Å²) in [4.78, 5) is 4.23. The zero-order chi connectivity index (χ0) is 23.2. The van der Waals surface area contributed by atoms with Crippen molar-refractivity contribution in [3.63, 3.8) is 0 Å². The minimum absolute atomic E-state index is 0.163. The number of nitrogens with zero attached hydrogens (tertiary/aromatic N) is 2. The van der Waals surface area contributed by atoms with Crippen LogP contribution in [0.4, 0.5) is 10.2 Å².